The lowest BCUT2D eigenvalue weighted by atomic mass is 10.0. The summed E-state index contributed by atoms with van der Waals surface area (Å²) < 4.78 is 38.9. The fourth-order valence-corrected chi connectivity index (χ4v) is 2.63. The number of rotatable bonds is 3. The van der Waals surface area contributed by atoms with Gasteiger partial charge in [0, 0.05) is 22.8 Å². The highest BCUT2D eigenvalue weighted by Gasteiger charge is 2.31. The molecule has 0 aliphatic rings. The molecule has 0 saturated carbocycles. The van der Waals surface area contributed by atoms with Gasteiger partial charge in [0.05, 0.1) is 5.56 Å². The van der Waals surface area contributed by atoms with Gasteiger partial charge in [0.15, 0.2) is 5.13 Å². The van der Waals surface area contributed by atoms with Gasteiger partial charge in [-0.15, -0.1) is 11.3 Å². The molecular formula is C16H11F3N2S. The number of hydrogen-bond acceptors (Lipinski definition) is 3. The first kappa shape index (κ1) is 14.6. The molecule has 0 aliphatic carbocycles. The number of anilines is 2. The normalized spacial score (nSPS) is 11.4. The minimum absolute atomic E-state index is 0.491. The molecule has 0 saturated heterocycles. The molecule has 0 amide bonds. The number of nitrogens with one attached hydrogen (secondary N) is 1. The number of hydrogen-bond donors (Lipinski definition) is 1. The van der Waals surface area contributed by atoms with Gasteiger partial charge in [-0.25, -0.2) is 4.98 Å². The molecule has 0 aliphatic heterocycles. The first-order valence-corrected chi connectivity index (χ1v) is 7.35. The maximum absolute atomic E-state index is 13.0. The highest BCUT2D eigenvalue weighted by atomic mass is 32.1. The number of halogens is 3. The quantitative estimate of drug-likeness (QED) is 0.682. The van der Waals surface area contributed by atoms with Crippen molar-refractivity contribution in [1.82, 2.24) is 4.98 Å². The average Bonchev–Trinajstić information content (AvgIpc) is 3.00. The molecule has 112 valence electrons. The van der Waals surface area contributed by atoms with Gasteiger partial charge in [-0.3, -0.25) is 0 Å². The third kappa shape index (κ3) is 3.12. The Morgan fingerprint density at radius 1 is 1.00 bits per heavy atom. The molecule has 1 aromatic heterocycles. The molecule has 0 unspecified atom stereocenters. The molecule has 22 heavy (non-hydrogen) atoms. The van der Waals surface area contributed by atoms with Crippen LogP contribution in [0.1, 0.15) is 5.56 Å². The standard InChI is InChI=1S/C16H11F3N2S/c17-16(18,19)12-6-7-14(21-15-20-8-9-22-15)13(10-12)11-4-2-1-3-5-11/h1-10H,(H,20,21). The third-order valence-corrected chi connectivity index (χ3v) is 3.79. The summed E-state index contributed by atoms with van der Waals surface area (Å²) in [6.07, 6.45) is -2.73. The fourth-order valence-electron chi connectivity index (χ4n) is 2.09. The summed E-state index contributed by atoms with van der Waals surface area (Å²) in [6, 6.07) is 12.6. The molecule has 2 aromatic carbocycles. The Hall–Kier alpha value is -2.34. The van der Waals surface area contributed by atoms with Crippen LogP contribution in [-0.2, 0) is 6.18 Å². The topological polar surface area (TPSA) is 24.9 Å². The van der Waals surface area contributed by atoms with E-state index in [-0.39, 0.29) is 0 Å². The number of alkyl halides is 3. The molecular weight excluding hydrogens is 309 g/mol. The predicted molar refractivity (Wildman–Crippen MR) is 82.3 cm³/mol. The van der Waals surface area contributed by atoms with E-state index < -0.39 is 11.7 Å². The van der Waals surface area contributed by atoms with Crippen LogP contribution < -0.4 is 5.32 Å². The lowest BCUT2D eigenvalue weighted by molar-refractivity contribution is -0.137. The summed E-state index contributed by atoms with van der Waals surface area (Å²) in [4.78, 5) is 4.10. The summed E-state index contributed by atoms with van der Waals surface area (Å²) in [7, 11) is 0. The third-order valence-electron chi connectivity index (χ3n) is 3.11. The van der Waals surface area contributed by atoms with E-state index in [4.69, 9.17) is 0 Å². The lowest BCUT2D eigenvalue weighted by Crippen LogP contribution is -2.05. The Balaban J connectivity index is 2.09. The van der Waals surface area contributed by atoms with E-state index in [1.807, 2.05) is 6.07 Å². The van der Waals surface area contributed by atoms with E-state index in [1.54, 1.807) is 35.8 Å². The van der Waals surface area contributed by atoms with Crippen LogP contribution >= 0.6 is 11.3 Å². The number of thiazole rings is 1. The molecule has 0 atom stereocenters. The van der Waals surface area contributed by atoms with Gasteiger partial charge in [0.1, 0.15) is 0 Å². The molecule has 3 aromatic rings. The van der Waals surface area contributed by atoms with Crippen molar-refractivity contribution in [2.24, 2.45) is 0 Å². The molecule has 6 heteroatoms. The van der Waals surface area contributed by atoms with Crippen molar-refractivity contribution in [3.05, 3.63) is 65.7 Å². The fraction of sp³-hybridized carbons (Fsp3) is 0.0625. The summed E-state index contributed by atoms with van der Waals surface area (Å²) in [6.45, 7) is 0. The van der Waals surface area contributed by atoms with Crippen LogP contribution in [0.15, 0.2) is 60.1 Å². The van der Waals surface area contributed by atoms with E-state index >= 15 is 0 Å². The molecule has 1 heterocycles. The Bertz CT molecular complexity index is 753. The van der Waals surface area contributed by atoms with Crippen molar-refractivity contribution in [3.8, 4) is 11.1 Å². The van der Waals surface area contributed by atoms with Crippen molar-refractivity contribution < 1.29 is 13.2 Å². The first-order chi connectivity index (χ1) is 10.5. The van der Waals surface area contributed by atoms with Gasteiger partial charge in [-0.1, -0.05) is 30.3 Å². The van der Waals surface area contributed by atoms with Crippen LogP contribution in [0.2, 0.25) is 0 Å². The molecule has 0 fully saturated rings. The van der Waals surface area contributed by atoms with Crippen LogP contribution in [0.4, 0.5) is 24.0 Å². The highest BCUT2D eigenvalue weighted by Crippen LogP contribution is 2.37. The smallest absolute Gasteiger partial charge is 0.331 e. The zero-order chi connectivity index (χ0) is 15.6. The van der Waals surface area contributed by atoms with Crippen LogP contribution in [-0.4, -0.2) is 4.98 Å². The Morgan fingerprint density at radius 3 is 2.41 bits per heavy atom. The van der Waals surface area contributed by atoms with Gasteiger partial charge in [-0.2, -0.15) is 13.2 Å². The monoisotopic (exact) mass is 320 g/mol. The number of aromatic nitrogens is 1. The minimum Gasteiger partial charge on any atom is -0.331 e. The summed E-state index contributed by atoms with van der Waals surface area (Å²) in [5, 5.41) is 5.51. The van der Waals surface area contributed by atoms with Crippen molar-refractivity contribution >= 4 is 22.2 Å². The largest absolute Gasteiger partial charge is 0.416 e. The molecule has 0 radical (unpaired) electrons. The van der Waals surface area contributed by atoms with Crippen LogP contribution in [0.3, 0.4) is 0 Å². The Morgan fingerprint density at radius 2 is 1.77 bits per heavy atom. The van der Waals surface area contributed by atoms with E-state index in [0.717, 1.165) is 12.1 Å². The zero-order valence-corrected chi connectivity index (χ0v) is 12.1. The molecule has 1 N–H and O–H groups in total. The van der Waals surface area contributed by atoms with E-state index in [2.05, 4.69) is 10.3 Å². The molecule has 2 nitrogen and oxygen atoms in total. The maximum Gasteiger partial charge on any atom is 0.416 e. The summed E-state index contributed by atoms with van der Waals surface area (Å²) in [5.74, 6) is 0. The van der Waals surface area contributed by atoms with Gasteiger partial charge in [-0.05, 0) is 23.8 Å². The second kappa shape index (κ2) is 5.81. The summed E-state index contributed by atoms with van der Waals surface area (Å²) >= 11 is 1.39. The molecule has 0 bridgehead atoms. The first-order valence-electron chi connectivity index (χ1n) is 6.47. The van der Waals surface area contributed by atoms with Crippen molar-refractivity contribution in [1.29, 1.82) is 0 Å². The zero-order valence-electron chi connectivity index (χ0n) is 11.3. The number of benzene rings is 2. The predicted octanol–water partition coefficient (Wildman–Crippen LogP) is 5.57. The van der Waals surface area contributed by atoms with Gasteiger partial charge in [0.25, 0.3) is 0 Å². The Labute approximate surface area is 129 Å². The van der Waals surface area contributed by atoms with Gasteiger partial charge >= 0.3 is 6.18 Å². The van der Waals surface area contributed by atoms with Crippen molar-refractivity contribution in [2.75, 3.05) is 5.32 Å². The average molecular weight is 320 g/mol. The maximum atomic E-state index is 13.0. The second-order valence-corrected chi connectivity index (χ2v) is 5.48. The van der Waals surface area contributed by atoms with E-state index in [1.165, 1.54) is 17.4 Å². The molecule has 0 spiro atoms. The van der Waals surface area contributed by atoms with Crippen molar-refractivity contribution in [3.63, 3.8) is 0 Å². The number of nitrogens with zero attached hydrogens (tertiary/aromatic N) is 1. The highest BCUT2D eigenvalue weighted by molar-refractivity contribution is 7.13. The van der Waals surface area contributed by atoms with Crippen LogP contribution in [0, 0.1) is 0 Å². The molecule has 3 rings (SSSR count). The van der Waals surface area contributed by atoms with Crippen molar-refractivity contribution in [2.45, 2.75) is 6.18 Å². The van der Waals surface area contributed by atoms with Crippen LogP contribution in [0.5, 0.6) is 0 Å². The second-order valence-electron chi connectivity index (χ2n) is 4.59. The lowest BCUT2D eigenvalue weighted by Gasteiger charge is -2.14. The van der Waals surface area contributed by atoms with Gasteiger partial charge < -0.3 is 5.32 Å². The Kier molecular flexibility index (Phi) is 3.85. The summed E-state index contributed by atoms with van der Waals surface area (Å²) in [5.41, 5.74) is 1.13. The SMILES string of the molecule is FC(F)(F)c1ccc(Nc2nccs2)c(-c2ccccc2)c1. The van der Waals surface area contributed by atoms with E-state index in [0.29, 0.717) is 21.9 Å². The van der Waals surface area contributed by atoms with E-state index in [9.17, 15) is 13.2 Å². The minimum atomic E-state index is -4.37. The van der Waals surface area contributed by atoms with Crippen LogP contribution in [0.25, 0.3) is 11.1 Å². The van der Waals surface area contributed by atoms with Gasteiger partial charge in [0.2, 0.25) is 0 Å².